The zero-order valence-corrected chi connectivity index (χ0v) is 16.1. The molecule has 0 spiro atoms. The Labute approximate surface area is 151 Å². The highest BCUT2D eigenvalue weighted by Gasteiger charge is 2.28. The normalized spacial score (nSPS) is 12.8. The summed E-state index contributed by atoms with van der Waals surface area (Å²) in [6, 6.07) is 0.755. The van der Waals surface area contributed by atoms with Gasteiger partial charge in [0, 0.05) is 17.8 Å². The van der Waals surface area contributed by atoms with Gasteiger partial charge in [-0.15, -0.1) is 0 Å². The third-order valence-corrected chi connectivity index (χ3v) is 5.68. The van der Waals surface area contributed by atoms with Gasteiger partial charge in [0.2, 0.25) is 15.9 Å². The maximum absolute atomic E-state index is 12.4. The Morgan fingerprint density at radius 1 is 1.31 bits per heavy atom. The van der Waals surface area contributed by atoms with Crippen molar-refractivity contribution in [1.82, 2.24) is 20.2 Å². The summed E-state index contributed by atoms with van der Waals surface area (Å²) >= 11 is 0. The molecule has 0 radical (unpaired) electrons. The Morgan fingerprint density at radius 2 is 1.96 bits per heavy atom. The van der Waals surface area contributed by atoms with Crippen molar-refractivity contribution in [2.75, 3.05) is 0 Å². The van der Waals surface area contributed by atoms with E-state index in [0.717, 1.165) is 11.3 Å². The summed E-state index contributed by atoms with van der Waals surface area (Å²) in [7, 11) is -3.96. The predicted octanol–water partition coefficient (Wildman–Crippen LogP) is 0.580. The van der Waals surface area contributed by atoms with E-state index in [1.54, 1.807) is 19.9 Å². The molecule has 0 aromatic carbocycles. The standard InChI is InChI=1S/C16H22N4O5S/c1-8-6-9(2)18-16(22)13(8)7-17-15(21)11(4)20-26(23,24)14-10(3)19-25-12(14)5/h6,11,20H,7H2,1-5H3,(H,17,21)(H,18,22)/t11-/m0/s1. The lowest BCUT2D eigenvalue weighted by molar-refractivity contribution is -0.122. The second-order valence-corrected chi connectivity index (χ2v) is 7.81. The third-order valence-electron chi connectivity index (χ3n) is 3.90. The number of amides is 1. The van der Waals surface area contributed by atoms with Crippen LogP contribution in [0.1, 0.15) is 35.2 Å². The van der Waals surface area contributed by atoms with Gasteiger partial charge in [0.05, 0.1) is 6.04 Å². The van der Waals surface area contributed by atoms with Crippen molar-refractivity contribution in [3.63, 3.8) is 0 Å². The largest absolute Gasteiger partial charge is 0.360 e. The number of carbonyl (C=O) groups excluding carboxylic acids is 1. The second-order valence-electron chi connectivity index (χ2n) is 6.16. The lowest BCUT2D eigenvalue weighted by Crippen LogP contribution is -2.45. The summed E-state index contributed by atoms with van der Waals surface area (Å²) in [4.78, 5) is 26.8. The summed E-state index contributed by atoms with van der Waals surface area (Å²) < 4.78 is 32.0. The smallest absolute Gasteiger partial charge is 0.253 e. The molecule has 2 aromatic heterocycles. The van der Waals surface area contributed by atoms with Gasteiger partial charge in [-0.1, -0.05) is 5.16 Å². The van der Waals surface area contributed by atoms with Crippen LogP contribution in [0.3, 0.4) is 0 Å². The molecule has 1 amide bonds. The van der Waals surface area contributed by atoms with Crippen LogP contribution in [-0.2, 0) is 21.4 Å². The number of nitrogens with zero attached hydrogens (tertiary/aromatic N) is 1. The van der Waals surface area contributed by atoms with E-state index >= 15 is 0 Å². The van der Waals surface area contributed by atoms with Gasteiger partial charge in [-0.3, -0.25) is 9.59 Å². The van der Waals surface area contributed by atoms with Crippen LogP contribution in [0.4, 0.5) is 0 Å². The van der Waals surface area contributed by atoms with E-state index in [0.29, 0.717) is 5.56 Å². The van der Waals surface area contributed by atoms with Crippen molar-refractivity contribution in [1.29, 1.82) is 0 Å². The molecule has 0 fully saturated rings. The van der Waals surface area contributed by atoms with Gasteiger partial charge < -0.3 is 14.8 Å². The number of aromatic amines is 1. The van der Waals surface area contributed by atoms with Crippen molar-refractivity contribution in [3.8, 4) is 0 Å². The number of nitrogens with one attached hydrogen (secondary N) is 3. The van der Waals surface area contributed by atoms with Gasteiger partial charge in [-0.2, -0.15) is 4.72 Å². The molecule has 2 rings (SSSR count). The van der Waals surface area contributed by atoms with Crippen LogP contribution >= 0.6 is 0 Å². The van der Waals surface area contributed by atoms with Crippen LogP contribution in [0, 0.1) is 27.7 Å². The summed E-state index contributed by atoms with van der Waals surface area (Å²) in [5.41, 5.74) is 1.82. The zero-order valence-electron chi connectivity index (χ0n) is 15.3. The number of hydrogen-bond donors (Lipinski definition) is 3. The van der Waals surface area contributed by atoms with Crippen molar-refractivity contribution >= 4 is 15.9 Å². The molecular weight excluding hydrogens is 360 g/mol. The molecule has 0 aliphatic rings. The van der Waals surface area contributed by atoms with E-state index in [9.17, 15) is 18.0 Å². The molecule has 2 heterocycles. The molecule has 3 N–H and O–H groups in total. The van der Waals surface area contributed by atoms with Crippen LogP contribution in [0.15, 0.2) is 20.3 Å². The summed E-state index contributed by atoms with van der Waals surface area (Å²) in [6.07, 6.45) is 0. The van der Waals surface area contributed by atoms with Crippen molar-refractivity contribution in [2.24, 2.45) is 0 Å². The maximum atomic E-state index is 12.4. The zero-order chi connectivity index (χ0) is 19.6. The number of pyridine rings is 1. The Balaban J connectivity index is 2.08. The minimum Gasteiger partial charge on any atom is -0.360 e. The number of H-pyrrole nitrogens is 1. The highest BCUT2D eigenvalue weighted by molar-refractivity contribution is 7.89. The number of rotatable bonds is 6. The SMILES string of the molecule is Cc1cc(C)c(CNC(=O)[C@H](C)NS(=O)(=O)c2c(C)noc2C)c(=O)[nH]1. The van der Waals surface area contributed by atoms with Gasteiger partial charge in [-0.05, 0) is 46.2 Å². The Bertz CT molecular complexity index is 971. The highest BCUT2D eigenvalue weighted by Crippen LogP contribution is 2.18. The van der Waals surface area contributed by atoms with Crippen LogP contribution < -0.4 is 15.6 Å². The van der Waals surface area contributed by atoms with Crippen molar-refractivity contribution < 1.29 is 17.7 Å². The van der Waals surface area contributed by atoms with E-state index in [1.807, 2.05) is 0 Å². The van der Waals surface area contributed by atoms with E-state index in [2.05, 4.69) is 20.2 Å². The average molecular weight is 382 g/mol. The maximum Gasteiger partial charge on any atom is 0.253 e. The van der Waals surface area contributed by atoms with Gasteiger partial charge in [0.15, 0.2) is 5.76 Å². The average Bonchev–Trinajstić information content (AvgIpc) is 2.85. The Morgan fingerprint density at radius 3 is 2.50 bits per heavy atom. The fourth-order valence-electron chi connectivity index (χ4n) is 2.63. The summed E-state index contributed by atoms with van der Waals surface area (Å²) in [6.45, 7) is 7.93. The first kappa shape index (κ1) is 19.9. The molecule has 0 aliphatic carbocycles. The lowest BCUT2D eigenvalue weighted by atomic mass is 10.1. The van der Waals surface area contributed by atoms with Crippen LogP contribution in [0.25, 0.3) is 0 Å². The van der Waals surface area contributed by atoms with E-state index in [-0.39, 0.29) is 28.5 Å². The summed E-state index contributed by atoms with van der Waals surface area (Å²) in [5, 5.41) is 6.18. The van der Waals surface area contributed by atoms with Crippen LogP contribution in [0.2, 0.25) is 0 Å². The lowest BCUT2D eigenvalue weighted by Gasteiger charge is -2.15. The van der Waals surface area contributed by atoms with Gasteiger partial charge >= 0.3 is 0 Å². The number of aromatic nitrogens is 2. The van der Waals surface area contributed by atoms with Crippen molar-refractivity contribution in [3.05, 3.63) is 44.7 Å². The molecule has 0 saturated carbocycles. The van der Waals surface area contributed by atoms with Crippen molar-refractivity contribution in [2.45, 2.75) is 52.1 Å². The molecular formula is C16H22N4O5S. The minimum atomic E-state index is -3.96. The molecule has 0 bridgehead atoms. The number of hydrogen-bond acceptors (Lipinski definition) is 6. The summed E-state index contributed by atoms with van der Waals surface area (Å²) in [5.74, 6) is -0.413. The number of aryl methyl sites for hydroxylation is 4. The monoisotopic (exact) mass is 382 g/mol. The van der Waals surface area contributed by atoms with Crippen LogP contribution in [0.5, 0.6) is 0 Å². The van der Waals surface area contributed by atoms with Gasteiger partial charge in [0.25, 0.3) is 5.56 Å². The topological polar surface area (TPSA) is 134 Å². The minimum absolute atomic E-state index is 0.00231. The Hall–Kier alpha value is -2.46. The molecule has 0 saturated heterocycles. The Kier molecular flexibility index (Phi) is 5.67. The molecule has 0 aliphatic heterocycles. The highest BCUT2D eigenvalue weighted by atomic mass is 32.2. The van der Waals surface area contributed by atoms with Gasteiger partial charge in [0.1, 0.15) is 10.6 Å². The molecule has 2 aromatic rings. The predicted molar refractivity (Wildman–Crippen MR) is 94.1 cm³/mol. The fraction of sp³-hybridized carbons (Fsp3) is 0.438. The first-order chi connectivity index (χ1) is 12.0. The molecule has 10 heteroatoms. The molecule has 0 unspecified atom stereocenters. The molecule has 9 nitrogen and oxygen atoms in total. The molecule has 142 valence electrons. The third kappa shape index (κ3) is 4.20. The number of carbonyl (C=O) groups is 1. The van der Waals surface area contributed by atoms with Gasteiger partial charge in [-0.25, -0.2) is 8.42 Å². The first-order valence-corrected chi connectivity index (χ1v) is 9.43. The quantitative estimate of drug-likeness (QED) is 0.669. The van der Waals surface area contributed by atoms with E-state index < -0.39 is 22.0 Å². The first-order valence-electron chi connectivity index (χ1n) is 7.95. The fourth-order valence-corrected chi connectivity index (χ4v) is 4.17. The number of sulfonamides is 1. The molecule has 1 atom stereocenters. The van der Waals surface area contributed by atoms with E-state index in [4.69, 9.17) is 4.52 Å². The molecule has 26 heavy (non-hydrogen) atoms. The second kappa shape index (κ2) is 7.42. The van der Waals surface area contributed by atoms with E-state index in [1.165, 1.54) is 20.8 Å². The van der Waals surface area contributed by atoms with Crippen LogP contribution in [-0.4, -0.2) is 30.5 Å².